The first kappa shape index (κ1) is 9.90. The Morgan fingerprint density at radius 3 is 2.69 bits per heavy atom. The van der Waals surface area contributed by atoms with E-state index in [2.05, 4.69) is 6.58 Å². The molecule has 0 fully saturated rings. The van der Waals surface area contributed by atoms with Gasteiger partial charge in [-0.2, -0.15) is 0 Å². The maximum absolute atomic E-state index is 11.5. The molecule has 0 spiro atoms. The van der Waals surface area contributed by atoms with Crippen molar-refractivity contribution in [3.63, 3.8) is 0 Å². The molecule has 2 nitrogen and oxygen atoms in total. The fourth-order valence-corrected chi connectivity index (χ4v) is 1.57. The zero-order valence-corrected chi connectivity index (χ0v) is 7.93. The third-order valence-electron chi connectivity index (χ3n) is 2.29. The summed E-state index contributed by atoms with van der Waals surface area (Å²) >= 11 is 0. The molecule has 0 atom stereocenters. The van der Waals surface area contributed by atoms with Gasteiger partial charge in [-0.1, -0.05) is 11.6 Å². The van der Waals surface area contributed by atoms with Crippen LogP contribution in [0.15, 0.2) is 23.8 Å². The number of rotatable bonds is 2. The normalized spacial score (nSPS) is 18.8. The first-order valence-electron chi connectivity index (χ1n) is 4.49. The van der Waals surface area contributed by atoms with E-state index in [1.54, 1.807) is 6.08 Å². The molecule has 0 saturated heterocycles. The van der Waals surface area contributed by atoms with E-state index < -0.39 is 0 Å². The van der Waals surface area contributed by atoms with Crippen LogP contribution < -0.4 is 0 Å². The van der Waals surface area contributed by atoms with Crippen molar-refractivity contribution in [3.8, 4) is 0 Å². The summed E-state index contributed by atoms with van der Waals surface area (Å²) in [6.07, 6.45) is 3.52. The summed E-state index contributed by atoms with van der Waals surface area (Å²) in [4.78, 5) is 22.7. The number of ketones is 2. The predicted molar refractivity (Wildman–Crippen MR) is 51.4 cm³/mol. The summed E-state index contributed by atoms with van der Waals surface area (Å²) in [5.41, 5.74) is 1.72. The Kier molecular flexibility index (Phi) is 3.18. The summed E-state index contributed by atoms with van der Waals surface area (Å²) < 4.78 is 0. The van der Waals surface area contributed by atoms with Crippen LogP contribution in [0.1, 0.15) is 32.6 Å². The summed E-state index contributed by atoms with van der Waals surface area (Å²) in [6, 6.07) is 0. The molecular formula is C11H14O2. The van der Waals surface area contributed by atoms with Crippen molar-refractivity contribution in [2.45, 2.75) is 32.6 Å². The van der Waals surface area contributed by atoms with E-state index in [0.29, 0.717) is 25.7 Å². The van der Waals surface area contributed by atoms with Gasteiger partial charge in [-0.05, 0) is 18.9 Å². The van der Waals surface area contributed by atoms with Crippen molar-refractivity contribution in [3.05, 3.63) is 23.8 Å². The van der Waals surface area contributed by atoms with Crippen LogP contribution in [0, 0.1) is 0 Å². The molecule has 0 aromatic heterocycles. The average molecular weight is 178 g/mol. The van der Waals surface area contributed by atoms with Crippen molar-refractivity contribution in [1.29, 1.82) is 0 Å². The first-order valence-corrected chi connectivity index (χ1v) is 4.49. The molecule has 1 aliphatic carbocycles. The molecule has 0 N–H and O–H groups in total. The van der Waals surface area contributed by atoms with Crippen LogP contribution in [0.2, 0.25) is 0 Å². The van der Waals surface area contributed by atoms with Gasteiger partial charge in [0.15, 0.2) is 5.78 Å². The molecule has 0 heterocycles. The molecule has 0 amide bonds. The average Bonchev–Trinajstić information content (AvgIpc) is 2.19. The van der Waals surface area contributed by atoms with E-state index in [4.69, 9.17) is 0 Å². The number of hydrogen-bond donors (Lipinski definition) is 0. The minimum absolute atomic E-state index is 0.114. The Hall–Kier alpha value is -1.18. The van der Waals surface area contributed by atoms with Crippen molar-refractivity contribution in [2.75, 3.05) is 0 Å². The molecule has 70 valence electrons. The Bertz CT molecular complexity index is 284. The van der Waals surface area contributed by atoms with E-state index in [9.17, 15) is 9.59 Å². The van der Waals surface area contributed by atoms with Crippen molar-refractivity contribution < 1.29 is 9.59 Å². The second-order valence-electron chi connectivity index (χ2n) is 3.39. The molecule has 0 aromatic rings. The van der Waals surface area contributed by atoms with Crippen molar-refractivity contribution in [1.82, 2.24) is 0 Å². The van der Waals surface area contributed by atoms with Crippen LogP contribution in [0.3, 0.4) is 0 Å². The SMILES string of the molecule is C=CCC1=C(C)CC(=O)CCC1=O. The lowest BCUT2D eigenvalue weighted by Crippen LogP contribution is -2.01. The third kappa shape index (κ3) is 2.38. The Morgan fingerprint density at radius 1 is 1.38 bits per heavy atom. The van der Waals surface area contributed by atoms with Crippen LogP contribution in [0.5, 0.6) is 0 Å². The zero-order chi connectivity index (χ0) is 9.84. The lowest BCUT2D eigenvalue weighted by Gasteiger charge is -2.03. The number of carbonyl (C=O) groups is 2. The number of Topliss-reactive ketones (excluding diaryl/α,β-unsaturated/α-hetero) is 2. The lowest BCUT2D eigenvalue weighted by molar-refractivity contribution is -0.121. The summed E-state index contributed by atoms with van der Waals surface area (Å²) in [5, 5.41) is 0. The molecule has 2 heteroatoms. The van der Waals surface area contributed by atoms with Gasteiger partial charge in [0.2, 0.25) is 0 Å². The smallest absolute Gasteiger partial charge is 0.159 e. The van der Waals surface area contributed by atoms with Crippen LogP contribution in [-0.2, 0) is 9.59 Å². The number of hydrogen-bond acceptors (Lipinski definition) is 2. The van der Waals surface area contributed by atoms with Gasteiger partial charge in [-0.15, -0.1) is 6.58 Å². The topological polar surface area (TPSA) is 34.1 Å². The predicted octanol–water partition coefficient (Wildman–Crippen LogP) is 2.20. The third-order valence-corrected chi connectivity index (χ3v) is 2.29. The molecule has 13 heavy (non-hydrogen) atoms. The number of allylic oxidation sites excluding steroid dienone is 3. The van der Waals surface area contributed by atoms with E-state index in [1.807, 2.05) is 6.92 Å². The van der Waals surface area contributed by atoms with E-state index in [-0.39, 0.29) is 11.6 Å². The molecule has 0 aliphatic heterocycles. The quantitative estimate of drug-likeness (QED) is 0.607. The molecule has 0 saturated carbocycles. The fraction of sp³-hybridized carbons (Fsp3) is 0.455. The summed E-state index contributed by atoms with van der Waals surface area (Å²) in [5.74, 6) is 0.285. The molecular weight excluding hydrogens is 164 g/mol. The highest BCUT2D eigenvalue weighted by Gasteiger charge is 2.18. The second-order valence-corrected chi connectivity index (χ2v) is 3.39. The van der Waals surface area contributed by atoms with Gasteiger partial charge in [0, 0.05) is 19.3 Å². The van der Waals surface area contributed by atoms with E-state index in [1.165, 1.54) is 0 Å². The number of carbonyl (C=O) groups excluding carboxylic acids is 2. The van der Waals surface area contributed by atoms with Gasteiger partial charge in [-0.25, -0.2) is 0 Å². The van der Waals surface area contributed by atoms with Gasteiger partial charge in [-0.3, -0.25) is 9.59 Å². The van der Waals surface area contributed by atoms with Crippen LogP contribution >= 0.6 is 0 Å². The summed E-state index contributed by atoms with van der Waals surface area (Å²) in [7, 11) is 0. The lowest BCUT2D eigenvalue weighted by atomic mass is 10.0. The van der Waals surface area contributed by atoms with Gasteiger partial charge in [0.25, 0.3) is 0 Å². The molecule has 0 radical (unpaired) electrons. The Balaban J connectivity index is 2.93. The largest absolute Gasteiger partial charge is 0.299 e. The highest BCUT2D eigenvalue weighted by Crippen LogP contribution is 2.21. The van der Waals surface area contributed by atoms with Crippen molar-refractivity contribution in [2.24, 2.45) is 0 Å². The van der Waals surface area contributed by atoms with Crippen LogP contribution in [-0.4, -0.2) is 11.6 Å². The maximum Gasteiger partial charge on any atom is 0.159 e. The summed E-state index contributed by atoms with van der Waals surface area (Å²) in [6.45, 7) is 5.46. The zero-order valence-electron chi connectivity index (χ0n) is 7.93. The first-order chi connectivity index (χ1) is 6.15. The molecule has 0 unspecified atom stereocenters. The van der Waals surface area contributed by atoms with Gasteiger partial charge >= 0.3 is 0 Å². The van der Waals surface area contributed by atoms with E-state index in [0.717, 1.165) is 11.1 Å². The molecule has 1 aliphatic rings. The highest BCUT2D eigenvalue weighted by atomic mass is 16.1. The van der Waals surface area contributed by atoms with Crippen LogP contribution in [0.25, 0.3) is 0 Å². The van der Waals surface area contributed by atoms with Gasteiger partial charge in [0.1, 0.15) is 5.78 Å². The minimum atomic E-state index is 0.114. The fourth-order valence-electron chi connectivity index (χ4n) is 1.57. The standard InChI is InChI=1S/C11H14O2/c1-3-4-10-8(2)7-9(12)5-6-11(10)13/h3H,1,4-7H2,2H3. The Labute approximate surface area is 78.3 Å². The molecule has 1 rings (SSSR count). The molecule has 0 aromatic carbocycles. The molecule has 0 bridgehead atoms. The highest BCUT2D eigenvalue weighted by molar-refractivity contribution is 6.01. The Morgan fingerprint density at radius 2 is 2.08 bits per heavy atom. The maximum atomic E-state index is 11.5. The van der Waals surface area contributed by atoms with E-state index >= 15 is 0 Å². The van der Waals surface area contributed by atoms with Crippen LogP contribution in [0.4, 0.5) is 0 Å². The second kappa shape index (κ2) is 4.17. The monoisotopic (exact) mass is 178 g/mol. The van der Waals surface area contributed by atoms with Gasteiger partial charge < -0.3 is 0 Å². The van der Waals surface area contributed by atoms with Crippen molar-refractivity contribution >= 4 is 11.6 Å². The van der Waals surface area contributed by atoms with Gasteiger partial charge in [0.05, 0.1) is 0 Å². The minimum Gasteiger partial charge on any atom is -0.299 e.